The molecule has 1 unspecified atom stereocenters. The van der Waals surface area contributed by atoms with Crippen LogP contribution in [0.5, 0.6) is 0 Å². The Morgan fingerprint density at radius 1 is 1.59 bits per heavy atom. The average molecular weight is 336 g/mol. The van der Waals surface area contributed by atoms with Gasteiger partial charge in [-0.3, -0.25) is 9.59 Å². The Balaban J connectivity index is 2.03. The predicted octanol–water partition coefficient (Wildman–Crippen LogP) is 2.87. The lowest BCUT2D eigenvalue weighted by Gasteiger charge is -2.10. The fourth-order valence-electron chi connectivity index (χ4n) is 1.33. The maximum Gasteiger partial charge on any atom is 0.279 e. The number of amides is 2. The standard InChI is InChI=1S/C10H8BrClN2O2S/c11-6-2-1-5(3-7(6)12)13-9(15)8-4-17-10(16)14-8/h1-3,8H,4H2,(H,13,15)(H,14,16). The second kappa shape index (κ2) is 5.29. The Morgan fingerprint density at radius 3 is 2.94 bits per heavy atom. The summed E-state index contributed by atoms with van der Waals surface area (Å²) in [4.78, 5) is 22.7. The van der Waals surface area contributed by atoms with Crippen LogP contribution >= 0.6 is 39.3 Å². The minimum absolute atomic E-state index is 0.168. The molecule has 2 N–H and O–H groups in total. The topological polar surface area (TPSA) is 58.2 Å². The third kappa shape index (κ3) is 3.14. The van der Waals surface area contributed by atoms with Crippen LogP contribution in [0.4, 0.5) is 10.5 Å². The van der Waals surface area contributed by atoms with E-state index in [4.69, 9.17) is 11.6 Å². The molecule has 1 fully saturated rings. The van der Waals surface area contributed by atoms with Gasteiger partial charge in [-0.25, -0.2) is 0 Å². The van der Waals surface area contributed by atoms with Gasteiger partial charge < -0.3 is 10.6 Å². The van der Waals surface area contributed by atoms with Gasteiger partial charge in [0.2, 0.25) is 5.91 Å². The highest BCUT2D eigenvalue weighted by Gasteiger charge is 2.27. The minimum atomic E-state index is -0.477. The number of anilines is 1. The molecule has 1 aliphatic heterocycles. The van der Waals surface area contributed by atoms with Crippen LogP contribution in [0.2, 0.25) is 5.02 Å². The van der Waals surface area contributed by atoms with E-state index in [0.29, 0.717) is 16.5 Å². The van der Waals surface area contributed by atoms with Gasteiger partial charge in [-0.05, 0) is 34.1 Å². The molecule has 0 bridgehead atoms. The first kappa shape index (κ1) is 12.7. The van der Waals surface area contributed by atoms with Crippen LogP contribution in [0.15, 0.2) is 22.7 Å². The molecule has 1 aliphatic rings. The van der Waals surface area contributed by atoms with E-state index in [9.17, 15) is 9.59 Å². The first-order valence-electron chi connectivity index (χ1n) is 4.75. The highest BCUT2D eigenvalue weighted by atomic mass is 79.9. The molecule has 0 radical (unpaired) electrons. The SMILES string of the molecule is O=C1NC(C(=O)Nc2ccc(Br)c(Cl)c2)CS1. The van der Waals surface area contributed by atoms with Gasteiger partial charge in [-0.1, -0.05) is 23.4 Å². The predicted molar refractivity (Wildman–Crippen MR) is 72.6 cm³/mol. The van der Waals surface area contributed by atoms with Crippen molar-refractivity contribution in [3.05, 3.63) is 27.7 Å². The molecule has 90 valence electrons. The average Bonchev–Trinajstić information content (AvgIpc) is 2.70. The van der Waals surface area contributed by atoms with Gasteiger partial charge in [0, 0.05) is 15.9 Å². The lowest BCUT2D eigenvalue weighted by molar-refractivity contribution is -0.117. The molecule has 2 amide bonds. The second-order valence-electron chi connectivity index (χ2n) is 3.41. The summed E-state index contributed by atoms with van der Waals surface area (Å²) < 4.78 is 0.766. The molecule has 0 saturated carbocycles. The summed E-state index contributed by atoms with van der Waals surface area (Å²) in [7, 11) is 0. The van der Waals surface area contributed by atoms with Gasteiger partial charge in [0.1, 0.15) is 6.04 Å². The van der Waals surface area contributed by atoms with Crippen LogP contribution in [0.25, 0.3) is 0 Å². The van der Waals surface area contributed by atoms with Gasteiger partial charge in [0.05, 0.1) is 5.02 Å². The second-order valence-corrected chi connectivity index (χ2v) is 5.67. The number of rotatable bonds is 2. The largest absolute Gasteiger partial charge is 0.334 e. The van der Waals surface area contributed by atoms with E-state index in [1.54, 1.807) is 18.2 Å². The molecule has 2 rings (SSSR count). The van der Waals surface area contributed by atoms with Crippen molar-refractivity contribution in [3.8, 4) is 0 Å². The number of halogens is 2. The lowest BCUT2D eigenvalue weighted by Crippen LogP contribution is -2.38. The molecule has 7 heteroatoms. The summed E-state index contributed by atoms with van der Waals surface area (Å²) in [6, 6.07) is 4.65. The lowest BCUT2D eigenvalue weighted by atomic mass is 10.2. The Labute approximate surface area is 116 Å². The Kier molecular flexibility index (Phi) is 3.96. The molecule has 0 spiro atoms. The Bertz CT molecular complexity index is 483. The van der Waals surface area contributed by atoms with Crippen molar-refractivity contribution in [3.63, 3.8) is 0 Å². The van der Waals surface area contributed by atoms with Crippen LogP contribution in [0.3, 0.4) is 0 Å². The van der Waals surface area contributed by atoms with Crippen LogP contribution < -0.4 is 10.6 Å². The van der Waals surface area contributed by atoms with Gasteiger partial charge in [0.25, 0.3) is 5.24 Å². The molecule has 1 aromatic rings. The number of benzene rings is 1. The highest BCUT2D eigenvalue weighted by molar-refractivity contribution is 9.10. The smallest absolute Gasteiger partial charge is 0.279 e. The molecule has 1 atom stereocenters. The van der Waals surface area contributed by atoms with Crippen LogP contribution in [0, 0.1) is 0 Å². The summed E-state index contributed by atoms with van der Waals surface area (Å²) in [5.41, 5.74) is 0.606. The van der Waals surface area contributed by atoms with Gasteiger partial charge in [-0.2, -0.15) is 0 Å². The molecule has 0 aromatic heterocycles. The molecule has 17 heavy (non-hydrogen) atoms. The zero-order chi connectivity index (χ0) is 12.4. The number of hydrogen-bond acceptors (Lipinski definition) is 3. The maximum absolute atomic E-state index is 11.8. The van der Waals surface area contributed by atoms with Crippen molar-refractivity contribution < 1.29 is 9.59 Å². The van der Waals surface area contributed by atoms with E-state index in [-0.39, 0.29) is 11.1 Å². The van der Waals surface area contributed by atoms with Crippen molar-refractivity contribution in [2.75, 3.05) is 11.1 Å². The van der Waals surface area contributed by atoms with E-state index < -0.39 is 6.04 Å². The van der Waals surface area contributed by atoms with E-state index in [1.165, 1.54) is 0 Å². The van der Waals surface area contributed by atoms with E-state index >= 15 is 0 Å². The molecule has 1 heterocycles. The zero-order valence-corrected chi connectivity index (χ0v) is 11.7. The van der Waals surface area contributed by atoms with Crippen LogP contribution in [0.1, 0.15) is 0 Å². The van der Waals surface area contributed by atoms with Gasteiger partial charge >= 0.3 is 0 Å². The minimum Gasteiger partial charge on any atom is -0.334 e. The third-order valence-electron chi connectivity index (χ3n) is 2.18. The molecule has 1 saturated heterocycles. The fourth-order valence-corrected chi connectivity index (χ4v) is 2.53. The Hall–Kier alpha value is -0.720. The van der Waals surface area contributed by atoms with E-state index in [0.717, 1.165) is 16.2 Å². The molecular formula is C10H8BrClN2O2S. The van der Waals surface area contributed by atoms with E-state index in [2.05, 4.69) is 26.6 Å². The molecular weight excluding hydrogens is 328 g/mol. The summed E-state index contributed by atoms with van der Waals surface area (Å²) in [5.74, 6) is 0.219. The summed E-state index contributed by atoms with van der Waals surface area (Å²) in [5, 5.41) is 5.62. The Morgan fingerprint density at radius 2 is 2.35 bits per heavy atom. The van der Waals surface area contributed by atoms with Gasteiger partial charge in [-0.15, -0.1) is 0 Å². The van der Waals surface area contributed by atoms with Gasteiger partial charge in [0.15, 0.2) is 0 Å². The van der Waals surface area contributed by atoms with Crippen molar-refractivity contribution in [2.45, 2.75) is 6.04 Å². The number of hydrogen-bond donors (Lipinski definition) is 2. The first-order chi connectivity index (χ1) is 8.06. The zero-order valence-electron chi connectivity index (χ0n) is 8.50. The molecule has 4 nitrogen and oxygen atoms in total. The fraction of sp³-hybridized carbons (Fsp3) is 0.200. The maximum atomic E-state index is 11.8. The summed E-state index contributed by atoms with van der Waals surface area (Å²) >= 11 is 10.3. The monoisotopic (exact) mass is 334 g/mol. The highest BCUT2D eigenvalue weighted by Crippen LogP contribution is 2.25. The van der Waals surface area contributed by atoms with E-state index in [1.807, 2.05) is 0 Å². The third-order valence-corrected chi connectivity index (χ3v) is 4.29. The number of nitrogens with one attached hydrogen (secondary N) is 2. The van der Waals surface area contributed by atoms with Crippen molar-refractivity contribution in [1.82, 2.24) is 5.32 Å². The number of thioether (sulfide) groups is 1. The number of carbonyl (C=O) groups excluding carboxylic acids is 2. The van der Waals surface area contributed by atoms with Crippen LogP contribution in [-0.4, -0.2) is 22.9 Å². The van der Waals surface area contributed by atoms with Crippen LogP contribution in [-0.2, 0) is 4.79 Å². The summed E-state index contributed by atoms with van der Waals surface area (Å²) in [6.07, 6.45) is 0. The quantitative estimate of drug-likeness (QED) is 0.874. The van der Waals surface area contributed by atoms with Crippen molar-refractivity contribution >= 4 is 56.1 Å². The molecule has 0 aliphatic carbocycles. The van der Waals surface area contributed by atoms with Crippen molar-refractivity contribution in [2.24, 2.45) is 0 Å². The first-order valence-corrected chi connectivity index (χ1v) is 6.91. The summed E-state index contributed by atoms with van der Waals surface area (Å²) in [6.45, 7) is 0. The normalized spacial score (nSPS) is 18.9. The number of carbonyl (C=O) groups is 2. The molecule has 1 aromatic carbocycles. The van der Waals surface area contributed by atoms with Crippen molar-refractivity contribution in [1.29, 1.82) is 0 Å².